The fourth-order valence-electron chi connectivity index (χ4n) is 0.720. The van der Waals surface area contributed by atoms with E-state index in [0.29, 0.717) is 17.8 Å². The molecule has 0 bridgehead atoms. The third-order valence-electron chi connectivity index (χ3n) is 1.25. The molecule has 0 unspecified atom stereocenters. The van der Waals surface area contributed by atoms with E-state index in [9.17, 15) is 0 Å². The summed E-state index contributed by atoms with van der Waals surface area (Å²) in [6.45, 7) is 11.1. The van der Waals surface area contributed by atoms with Gasteiger partial charge in [-0.2, -0.15) is 0 Å². The van der Waals surface area contributed by atoms with Crippen LogP contribution in [0.25, 0.3) is 0 Å². The van der Waals surface area contributed by atoms with E-state index in [2.05, 4.69) is 50.6 Å². The Kier molecular flexibility index (Phi) is 5.25. The lowest BCUT2D eigenvalue weighted by molar-refractivity contribution is 0.499. The van der Waals surface area contributed by atoms with Crippen LogP contribution >= 0.6 is 12.2 Å². The number of nitrogens with one attached hydrogen (secondary N) is 3. The highest BCUT2D eigenvalue weighted by atomic mass is 32.1. The molecule has 0 saturated carbocycles. The van der Waals surface area contributed by atoms with Crippen LogP contribution in [0.15, 0.2) is 0 Å². The summed E-state index contributed by atoms with van der Waals surface area (Å²) < 4.78 is 0. The van der Waals surface area contributed by atoms with Crippen molar-refractivity contribution in [2.24, 2.45) is 0 Å². The van der Waals surface area contributed by atoms with Gasteiger partial charge in [-0.1, -0.05) is 0 Å². The second kappa shape index (κ2) is 5.40. The van der Waals surface area contributed by atoms with Gasteiger partial charge < -0.3 is 10.6 Å². The minimum absolute atomic E-state index is 0.0297. The molecule has 4 heteroatoms. The molecule has 0 aliphatic heterocycles. The molecule has 0 aromatic rings. The molecule has 0 atom stereocenters. The van der Waals surface area contributed by atoms with Gasteiger partial charge in [-0.15, -0.1) is 0 Å². The van der Waals surface area contributed by atoms with E-state index in [1.54, 1.807) is 0 Å². The van der Waals surface area contributed by atoms with Crippen molar-refractivity contribution in [2.75, 3.05) is 6.67 Å². The second-order valence-corrected chi connectivity index (χ2v) is 4.82. The number of hydrogen-bond donors (Lipinski definition) is 3. The first-order chi connectivity index (χ1) is 5.81. The van der Waals surface area contributed by atoms with Crippen molar-refractivity contribution in [1.82, 2.24) is 16.0 Å². The van der Waals surface area contributed by atoms with Crippen LogP contribution in [0.4, 0.5) is 0 Å². The van der Waals surface area contributed by atoms with Crippen LogP contribution in [0.3, 0.4) is 0 Å². The van der Waals surface area contributed by atoms with Gasteiger partial charge in [0.2, 0.25) is 0 Å². The second-order valence-electron chi connectivity index (χ2n) is 4.42. The van der Waals surface area contributed by atoms with E-state index < -0.39 is 0 Å². The fraction of sp³-hybridized carbons (Fsp3) is 0.889. The zero-order valence-electron chi connectivity index (χ0n) is 9.19. The summed E-state index contributed by atoms with van der Waals surface area (Å²) in [6, 6.07) is 0.477. The normalized spacial score (nSPS) is 11.5. The standard InChI is InChI=1S/C9H21N3S/c1-7(2)10-6-11-8(13)12-9(3,4)5/h7,10H,6H2,1-5H3,(H2,11,12,13). The summed E-state index contributed by atoms with van der Waals surface area (Å²) in [5.74, 6) is 0. The Morgan fingerprint density at radius 2 is 1.85 bits per heavy atom. The molecule has 0 saturated heterocycles. The first-order valence-electron chi connectivity index (χ1n) is 4.60. The van der Waals surface area contributed by atoms with E-state index in [0.717, 1.165) is 0 Å². The number of rotatable bonds is 3. The maximum absolute atomic E-state index is 5.09. The average Bonchev–Trinajstić information content (AvgIpc) is 1.81. The molecule has 0 radical (unpaired) electrons. The van der Waals surface area contributed by atoms with Gasteiger partial charge in [0, 0.05) is 11.6 Å². The molecular weight excluding hydrogens is 182 g/mol. The molecule has 3 N–H and O–H groups in total. The Labute approximate surface area is 86.7 Å². The summed E-state index contributed by atoms with van der Waals surface area (Å²) in [6.07, 6.45) is 0. The van der Waals surface area contributed by atoms with Gasteiger partial charge in [-0.3, -0.25) is 5.32 Å². The van der Waals surface area contributed by atoms with Crippen molar-refractivity contribution in [3.63, 3.8) is 0 Å². The number of thiocarbonyl (C=S) groups is 1. The van der Waals surface area contributed by atoms with E-state index >= 15 is 0 Å². The van der Waals surface area contributed by atoms with Crippen LogP contribution in [0, 0.1) is 0 Å². The monoisotopic (exact) mass is 203 g/mol. The van der Waals surface area contributed by atoms with Crippen LogP contribution in [0.5, 0.6) is 0 Å². The largest absolute Gasteiger partial charge is 0.358 e. The highest BCUT2D eigenvalue weighted by molar-refractivity contribution is 7.80. The molecule has 0 fully saturated rings. The Morgan fingerprint density at radius 3 is 2.23 bits per heavy atom. The topological polar surface area (TPSA) is 36.1 Å². The minimum Gasteiger partial charge on any atom is -0.358 e. The first kappa shape index (κ1) is 12.7. The van der Waals surface area contributed by atoms with Gasteiger partial charge in [-0.05, 0) is 46.8 Å². The predicted molar refractivity (Wildman–Crippen MR) is 61.8 cm³/mol. The first-order valence-corrected chi connectivity index (χ1v) is 5.01. The Morgan fingerprint density at radius 1 is 1.31 bits per heavy atom. The molecule has 0 spiro atoms. The Hall–Kier alpha value is -0.350. The third kappa shape index (κ3) is 9.56. The Balaban J connectivity index is 3.53. The molecule has 3 nitrogen and oxygen atoms in total. The van der Waals surface area contributed by atoms with Gasteiger partial charge in [0.15, 0.2) is 5.11 Å². The maximum atomic E-state index is 5.09. The molecular formula is C9H21N3S. The lowest BCUT2D eigenvalue weighted by atomic mass is 10.1. The van der Waals surface area contributed by atoms with E-state index in [1.807, 2.05) is 0 Å². The van der Waals surface area contributed by atoms with Crippen LogP contribution in [0.1, 0.15) is 34.6 Å². The maximum Gasteiger partial charge on any atom is 0.167 e. The van der Waals surface area contributed by atoms with Gasteiger partial charge in [0.25, 0.3) is 0 Å². The third-order valence-corrected chi connectivity index (χ3v) is 1.49. The van der Waals surface area contributed by atoms with Gasteiger partial charge in [-0.25, -0.2) is 0 Å². The van der Waals surface area contributed by atoms with Gasteiger partial charge in [0.1, 0.15) is 0 Å². The molecule has 0 aliphatic carbocycles. The van der Waals surface area contributed by atoms with Crippen LogP contribution in [-0.4, -0.2) is 23.4 Å². The minimum atomic E-state index is 0.0297. The highest BCUT2D eigenvalue weighted by Gasteiger charge is 2.09. The summed E-state index contributed by atoms with van der Waals surface area (Å²) in [4.78, 5) is 0. The van der Waals surface area contributed by atoms with Gasteiger partial charge in [0.05, 0.1) is 6.67 Å². The molecule has 0 heterocycles. The van der Waals surface area contributed by atoms with Crippen LogP contribution in [0.2, 0.25) is 0 Å². The summed E-state index contributed by atoms with van der Waals surface area (Å²) >= 11 is 5.09. The summed E-state index contributed by atoms with van der Waals surface area (Å²) in [7, 11) is 0. The smallest absolute Gasteiger partial charge is 0.167 e. The van der Waals surface area contributed by atoms with Crippen molar-refractivity contribution in [3.8, 4) is 0 Å². The molecule has 0 amide bonds. The van der Waals surface area contributed by atoms with E-state index in [-0.39, 0.29) is 5.54 Å². The van der Waals surface area contributed by atoms with Gasteiger partial charge >= 0.3 is 0 Å². The van der Waals surface area contributed by atoms with Crippen molar-refractivity contribution < 1.29 is 0 Å². The number of hydrogen-bond acceptors (Lipinski definition) is 2. The quantitative estimate of drug-likeness (QED) is 0.476. The predicted octanol–water partition coefficient (Wildman–Crippen LogP) is 1.20. The highest BCUT2D eigenvalue weighted by Crippen LogP contribution is 1.97. The van der Waals surface area contributed by atoms with E-state index in [4.69, 9.17) is 12.2 Å². The van der Waals surface area contributed by atoms with Crippen molar-refractivity contribution in [3.05, 3.63) is 0 Å². The molecule has 78 valence electrons. The summed E-state index contributed by atoms with van der Waals surface area (Å²) in [5, 5.41) is 10.2. The zero-order valence-corrected chi connectivity index (χ0v) is 10.0. The lowest BCUT2D eigenvalue weighted by Gasteiger charge is -2.23. The average molecular weight is 203 g/mol. The zero-order chi connectivity index (χ0) is 10.5. The molecule has 13 heavy (non-hydrogen) atoms. The van der Waals surface area contributed by atoms with Crippen LogP contribution in [-0.2, 0) is 0 Å². The summed E-state index contributed by atoms with van der Waals surface area (Å²) in [5.41, 5.74) is 0.0297. The van der Waals surface area contributed by atoms with Crippen molar-refractivity contribution >= 4 is 17.3 Å². The Bertz CT molecular complexity index is 161. The van der Waals surface area contributed by atoms with Crippen molar-refractivity contribution in [2.45, 2.75) is 46.2 Å². The lowest BCUT2D eigenvalue weighted by Crippen LogP contribution is -2.49. The molecule has 0 aromatic heterocycles. The molecule has 0 aromatic carbocycles. The van der Waals surface area contributed by atoms with Crippen molar-refractivity contribution in [1.29, 1.82) is 0 Å². The fourth-order valence-corrected chi connectivity index (χ4v) is 1.10. The molecule has 0 rings (SSSR count). The SMILES string of the molecule is CC(C)NCNC(=S)NC(C)(C)C. The van der Waals surface area contributed by atoms with E-state index in [1.165, 1.54) is 0 Å². The van der Waals surface area contributed by atoms with Crippen LogP contribution < -0.4 is 16.0 Å². The molecule has 0 aliphatic rings.